The first-order chi connectivity index (χ1) is 14.8. The molecule has 0 atom stereocenters. The van der Waals surface area contributed by atoms with E-state index in [4.69, 9.17) is 0 Å². The fourth-order valence-electron chi connectivity index (χ4n) is 3.43. The van der Waals surface area contributed by atoms with Crippen molar-refractivity contribution in [1.82, 2.24) is 0 Å². The van der Waals surface area contributed by atoms with Gasteiger partial charge in [-0.15, -0.1) is 0 Å². The van der Waals surface area contributed by atoms with E-state index in [9.17, 15) is 25.9 Å². The molecule has 4 aromatic carbocycles. The van der Waals surface area contributed by atoms with Crippen LogP contribution in [0.15, 0.2) is 70.5 Å². The van der Waals surface area contributed by atoms with Crippen LogP contribution in [0.25, 0.3) is 21.5 Å². The molecule has 9 heteroatoms. The number of hydrogen-bond acceptors (Lipinski definition) is 6. The van der Waals surface area contributed by atoms with E-state index in [1.54, 1.807) is 12.1 Å². The molecule has 6 nitrogen and oxygen atoms in total. The molecule has 168 valence electrons. The van der Waals surface area contributed by atoms with Gasteiger partial charge in [0.25, 0.3) is 0 Å². The van der Waals surface area contributed by atoms with Gasteiger partial charge >= 0.3 is 37.7 Å². The average Bonchev–Trinajstić information content (AvgIpc) is 2.72. The Bertz CT molecular complexity index is 1440. The van der Waals surface area contributed by atoms with E-state index in [1.807, 2.05) is 52.0 Å². The van der Waals surface area contributed by atoms with Gasteiger partial charge in [-0.3, -0.25) is 0 Å². The first kappa shape index (κ1) is 27.7. The van der Waals surface area contributed by atoms with Crippen molar-refractivity contribution in [2.75, 3.05) is 0 Å². The molecular formula is C24H22CaO6S2. The fourth-order valence-corrected chi connectivity index (χ4v) is 4.42. The summed E-state index contributed by atoms with van der Waals surface area (Å²) in [5.41, 5.74) is 4.16. The van der Waals surface area contributed by atoms with Crippen LogP contribution in [0, 0.1) is 27.7 Å². The molecule has 0 aliphatic heterocycles. The molecule has 0 aliphatic rings. The number of aryl methyl sites for hydroxylation is 4. The van der Waals surface area contributed by atoms with Crippen LogP contribution in [0.1, 0.15) is 22.3 Å². The monoisotopic (exact) mass is 510 g/mol. The second-order valence-electron chi connectivity index (χ2n) is 7.69. The zero-order chi connectivity index (χ0) is 23.8. The Hall–Kier alpha value is -1.52. The van der Waals surface area contributed by atoms with Crippen LogP contribution < -0.4 is 0 Å². The molecule has 0 spiro atoms. The van der Waals surface area contributed by atoms with Gasteiger partial charge in [-0.05, 0) is 95.8 Å². The Morgan fingerprint density at radius 2 is 0.848 bits per heavy atom. The van der Waals surface area contributed by atoms with E-state index < -0.39 is 20.2 Å². The van der Waals surface area contributed by atoms with Crippen molar-refractivity contribution in [3.05, 3.63) is 82.9 Å². The quantitative estimate of drug-likeness (QED) is 0.293. The number of benzene rings is 4. The minimum atomic E-state index is -4.37. The van der Waals surface area contributed by atoms with Gasteiger partial charge < -0.3 is 9.11 Å². The van der Waals surface area contributed by atoms with Crippen LogP contribution in [0.5, 0.6) is 0 Å². The van der Waals surface area contributed by atoms with Crippen LogP contribution in [0.3, 0.4) is 0 Å². The van der Waals surface area contributed by atoms with Crippen molar-refractivity contribution in [3.8, 4) is 0 Å². The molecule has 0 aromatic heterocycles. The normalized spacial score (nSPS) is 11.6. The third kappa shape index (κ3) is 6.33. The number of rotatable bonds is 2. The first-order valence-electron chi connectivity index (χ1n) is 9.71. The summed E-state index contributed by atoms with van der Waals surface area (Å²) in [4.78, 5) is -0.345. The van der Waals surface area contributed by atoms with Gasteiger partial charge in [0.15, 0.2) is 0 Å². The summed E-state index contributed by atoms with van der Waals surface area (Å²) in [6.07, 6.45) is 0. The fraction of sp³-hybridized carbons (Fsp3) is 0.167. The Labute approximate surface area is 224 Å². The molecule has 0 radical (unpaired) electrons. The Kier molecular flexibility index (Phi) is 8.73. The van der Waals surface area contributed by atoms with Crippen molar-refractivity contribution < 1.29 is 25.9 Å². The van der Waals surface area contributed by atoms with E-state index >= 15 is 0 Å². The zero-order valence-electron chi connectivity index (χ0n) is 18.7. The maximum atomic E-state index is 10.9. The molecule has 0 saturated carbocycles. The molecule has 33 heavy (non-hydrogen) atoms. The van der Waals surface area contributed by atoms with Crippen LogP contribution in [0.2, 0.25) is 0 Å². The molecule has 4 rings (SSSR count). The smallest absolute Gasteiger partial charge is 0.744 e. The van der Waals surface area contributed by atoms with Gasteiger partial charge in [0, 0.05) is 0 Å². The minimum absolute atomic E-state index is 0. The van der Waals surface area contributed by atoms with Crippen molar-refractivity contribution in [2.45, 2.75) is 37.5 Å². The molecule has 0 N–H and O–H groups in total. The van der Waals surface area contributed by atoms with Crippen LogP contribution >= 0.6 is 0 Å². The van der Waals surface area contributed by atoms with Crippen molar-refractivity contribution in [2.24, 2.45) is 0 Å². The average molecular weight is 511 g/mol. The summed E-state index contributed by atoms with van der Waals surface area (Å²) in [5, 5.41) is 3.51. The second-order valence-corrected chi connectivity index (χ2v) is 10.4. The van der Waals surface area contributed by atoms with Crippen LogP contribution in [-0.2, 0) is 20.2 Å². The summed E-state index contributed by atoms with van der Waals surface area (Å²) >= 11 is 0. The summed E-state index contributed by atoms with van der Waals surface area (Å²) in [5.74, 6) is 0. The van der Waals surface area contributed by atoms with Crippen molar-refractivity contribution in [1.29, 1.82) is 0 Å². The van der Waals surface area contributed by atoms with E-state index in [2.05, 4.69) is 0 Å². The van der Waals surface area contributed by atoms with Crippen molar-refractivity contribution >= 4 is 79.5 Å². The minimum Gasteiger partial charge on any atom is -0.744 e. The van der Waals surface area contributed by atoms with Crippen molar-refractivity contribution in [3.63, 3.8) is 0 Å². The Balaban J connectivity index is 0.000000227. The molecule has 4 aromatic rings. The largest absolute Gasteiger partial charge is 2.00 e. The number of hydrogen-bond donors (Lipinski definition) is 0. The van der Waals surface area contributed by atoms with Crippen LogP contribution in [-0.4, -0.2) is 63.7 Å². The van der Waals surface area contributed by atoms with Gasteiger partial charge in [-0.2, -0.15) is 0 Å². The van der Waals surface area contributed by atoms with Crippen LogP contribution in [0.4, 0.5) is 0 Å². The molecule has 0 amide bonds. The summed E-state index contributed by atoms with van der Waals surface area (Å²) in [7, 11) is -8.75. The third-order valence-corrected chi connectivity index (χ3v) is 7.31. The van der Waals surface area contributed by atoms with E-state index in [-0.39, 0.29) is 47.5 Å². The molecule has 0 bridgehead atoms. The summed E-state index contributed by atoms with van der Waals surface area (Å²) in [6.45, 7) is 7.73. The van der Waals surface area contributed by atoms with Gasteiger partial charge in [0.05, 0.1) is 9.79 Å². The Morgan fingerprint density at radius 1 is 0.545 bits per heavy atom. The van der Waals surface area contributed by atoms with Gasteiger partial charge in [-0.25, -0.2) is 16.8 Å². The van der Waals surface area contributed by atoms with E-state index in [0.29, 0.717) is 0 Å². The topological polar surface area (TPSA) is 114 Å². The predicted molar refractivity (Wildman–Crippen MR) is 129 cm³/mol. The van der Waals surface area contributed by atoms with Gasteiger partial charge in [0.2, 0.25) is 0 Å². The first-order valence-corrected chi connectivity index (χ1v) is 12.5. The molecule has 0 saturated heterocycles. The predicted octanol–water partition coefficient (Wildman–Crippen LogP) is 4.34. The number of fused-ring (bicyclic) bond motifs is 2. The summed E-state index contributed by atoms with van der Waals surface area (Å²) < 4.78 is 65.5. The zero-order valence-corrected chi connectivity index (χ0v) is 22.6. The molecule has 0 unspecified atom stereocenters. The molecule has 0 heterocycles. The maximum absolute atomic E-state index is 10.9. The standard InChI is InChI=1S/2C12H12O3S.Ca/c2*1-8-3-4-10-5-6-11(16(13,14)15)7-12(10)9(8)2;/h2*3-7H,1-2H3,(H,13,14,15);/q;;+2/p-2. The second kappa shape index (κ2) is 10.4. The van der Waals surface area contributed by atoms with E-state index in [0.717, 1.165) is 43.8 Å². The third-order valence-electron chi connectivity index (χ3n) is 5.64. The Morgan fingerprint density at radius 3 is 1.15 bits per heavy atom. The maximum Gasteiger partial charge on any atom is 2.00 e. The molecule has 0 fully saturated rings. The van der Waals surface area contributed by atoms with E-state index in [1.165, 1.54) is 24.3 Å². The van der Waals surface area contributed by atoms with Gasteiger partial charge in [-0.1, -0.05) is 36.4 Å². The summed E-state index contributed by atoms with van der Waals surface area (Å²) in [6, 6.07) is 16.7. The SMILES string of the molecule is Cc1ccc2ccc(S(=O)(=O)[O-])cc2c1C.Cc1ccc2ccc(S(=O)(=O)[O-])cc2c1C.[Ca+2]. The van der Waals surface area contributed by atoms with Gasteiger partial charge in [0.1, 0.15) is 20.2 Å². The molecule has 0 aliphatic carbocycles. The molecular weight excluding hydrogens is 488 g/mol.